The molecule has 14 heavy (non-hydrogen) atoms. The third kappa shape index (κ3) is 3.73. The summed E-state index contributed by atoms with van der Waals surface area (Å²) >= 11 is 0. The van der Waals surface area contributed by atoms with E-state index in [1.165, 1.54) is 0 Å². The summed E-state index contributed by atoms with van der Waals surface area (Å²) in [5, 5.41) is 6.04. The van der Waals surface area contributed by atoms with Crippen molar-refractivity contribution in [2.45, 2.75) is 19.0 Å². The van der Waals surface area contributed by atoms with E-state index in [9.17, 15) is 13.2 Å². The van der Waals surface area contributed by atoms with E-state index < -0.39 is 12.6 Å². The monoisotopic (exact) mass is 209 g/mol. The quantitative estimate of drug-likeness (QED) is 0.801. The molecule has 1 aromatic rings. The first-order valence-electron chi connectivity index (χ1n) is 4.04. The smallest absolute Gasteiger partial charge is 0.339 e. The van der Waals surface area contributed by atoms with Crippen LogP contribution in [0.1, 0.15) is 11.7 Å². The minimum atomic E-state index is -4.29. The molecule has 80 valence electrons. The molecule has 0 saturated carbocycles. The van der Waals surface area contributed by atoms with Crippen molar-refractivity contribution in [2.24, 2.45) is 0 Å². The van der Waals surface area contributed by atoms with E-state index >= 15 is 0 Å². The summed E-state index contributed by atoms with van der Waals surface area (Å²) in [6.07, 6.45) is -5.00. The molecule has 0 aliphatic heterocycles. The standard InChI is InChI=1S/C7H10F3N3O/c1-11-3-2-6-12-5(13-14-6)4-7(8,9)10/h11H,2-4H2,1H3. The lowest BCUT2D eigenvalue weighted by Crippen LogP contribution is -2.13. The minimum Gasteiger partial charge on any atom is -0.339 e. The molecule has 0 unspecified atom stereocenters. The fraction of sp³-hybridized carbons (Fsp3) is 0.714. The molecule has 0 atom stereocenters. The Morgan fingerprint density at radius 1 is 1.43 bits per heavy atom. The highest BCUT2D eigenvalue weighted by atomic mass is 19.4. The molecule has 1 N–H and O–H groups in total. The summed E-state index contributed by atoms with van der Waals surface area (Å²) in [4.78, 5) is 3.60. The Bertz CT molecular complexity index is 284. The third-order valence-electron chi connectivity index (χ3n) is 1.46. The van der Waals surface area contributed by atoms with Gasteiger partial charge in [-0.05, 0) is 7.05 Å². The van der Waals surface area contributed by atoms with Crippen LogP contribution in [0, 0.1) is 0 Å². The minimum absolute atomic E-state index is 0.221. The highest BCUT2D eigenvalue weighted by Crippen LogP contribution is 2.19. The van der Waals surface area contributed by atoms with Crippen LogP contribution in [-0.4, -0.2) is 29.9 Å². The number of aromatic nitrogens is 2. The van der Waals surface area contributed by atoms with Crippen molar-refractivity contribution in [3.63, 3.8) is 0 Å². The molecule has 0 aliphatic rings. The lowest BCUT2D eigenvalue weighted by Gasteiger charge is -1.99. The zero-order chi connectivity index (χ0) is 10.6. The number of likely N-dealkylation sites (N-methyl/N-ethyl adjacent to an activating group) is 1. The molecule has 0 radical (unpaired) electrons. The zero-order valence-electron chi connectivity index (χ0n) is 7.56. The van der Waals surface area contributed by atoms with E-state index in [0.29, 0.717) is 13.0 Å². The number of alkyl halides is 3. The molecule has 0 amide bonds. The molecular formula is C7H10F3N3O. The maximum Gasteiger partial charge on any atom is 0.396 e. The molecule has 0 bridgehead atoms. The number of hydrogen-bond acceptors (Lipinski definition) is 4. The van der Waals surface area contributed by atoms with Crippen LogP contribution in [0.3, 0.4) is 0 Å². The van der Waals surface area contributed by atoms with Gasteiger partial charge in [0.2, 0.25) is 5.89 Å². The first-order chi connectivity index (χ1) is 6.51. The lowest BCUT2D eigenvalue weighted by molar-refractivity contribution is -0.128. The van der Waals surface area contributed by atoms with Gasteiger partial charge in [0.25, 0.3) is 0 Å². The van der Waals surface area contributed by atoms with Crippen molar-refractivity contribution < 1.29 is 17.7 Å². The second kappa shape index (κ2) is 4.41. The van der Waals surface area contributed by atoms with E-state index in [4.69, 9.17) is 0 Å². The van der Waals surface area contributed by atoms with Gasteiger partial charge in [0, 0.05) is 13.0 Å². The number of hydrogen-bond donors (Lipinski definition) is 1. The average Bonchev–Trinajstić information content (AvgIpc) is 2.46. The molecule has 0 aromatic carbocycles. The van der Waals surface area contributed by atoms with Crippen LogP contribution in [0.5, 0.6) is 0 Å². The normalized spacial score (nSPS) is 12.0. The van der Waals surface area contributed by atoms with E-state index in [0.717, 1.165) is 0 Å². The van der Waals surface area contributed by atoms with Gasteiger partial charge in [-0.1, -0.05) is 5.16 Å². The number of nitrogens with zero attached hydrogens (tertiary/aromatic N) is 2. The first-order valence-corrected chi connectivity index (χ1v) is 4.04. The van der Waals surface area contributed by atoms with Crippen molar-refractivity contribution in [2.75, 3.05) is 13.6 Å². The van der Waals surface area contributed by atoms with Crippen molar-refractivity contribution in [1.29, 1.82) is 0 Å². The van der Waals surface area contributed by atoms with Crippen molar-refractivity contribution >= 4 is 0 Å². The maximum absolute atomic E-state index is 11.9. The number of rotatable bonds is 4. The molecule has 0 saturated heterocycles. The fourth-order valence-corrected chi connectivity index (χ4v) is 0.875. The van der Waals surface area contributed by atoms with Gasteiger partial charge < -0.3 is 9.84 Å². The van der Waals surface area contributed by atoms with Gasteiger partial charge in [-0.3, -0.25) is 0 Å². The van der Waals surface area contributed by atoms with Crippen LogP contribution in [-0.2, 0) is 12.8 Å². The number of halogens is 3. The molecule has 1 heterocycles. The molecule has 7 heteroatoms. The van der Waals surface area contributed by atoms with E-state index in [2.05, 4.69) is 20.0 Å². The average molecular weight is 209 g/mol. The topological polar surface area (TPSA) is 51.0 Å². The molecule has 0 spiro atoms. The molecular weight excluding hydrogens is 199 g/mol. The molecule has 0 aliphatic carbocycles. The van der Waals surface area contributed by atoms with Crippen LogP contribution in [0.2, 0.25) is 0 Å². The molecule has 1 rings (SSSR count). The molecule has 0 fully saturated rings. The lowest BCUT2D eigenvalue weighted by atomic mass is 10.4. The van der Waals surface area contributed by atoms with Crippen molar-refractivity contribution in [3.05, 3.63) is 11.7 Å². The van der Waals surface area contributed by atoms with Crippen LogP contribution in [0.15, 0.2) is 4.52 Å². The zero-order valence-corrected chi connectivity index (χ0v) is 7.56. The summed E-state index contributed by atoms with van der Waals surface area (Å²) in [7, 11) is 1.73. The number of nitrogens with one attached hydrogen (secondary N) is 1. The predicted molar refractivity (Wildman–Crippen MR) is 41.7 cm³/mol. The summed E-state index contributed by atoms with van der Waals surface area (Å²) < 4.78 is 40.2. The van der Waals surface area contributed by atoms with E-state index in [-0.39, 0.29) is 11.7 Å². The summed E-state index contributed by atoms with van der Waals surface area (Å²) in [5.74, 6) is -0.0952. The van der Waals surface area contributed by atoms with Crippen LogP contribution in [0.25, 0.3) is 0 Å². The van der Waals surface area contributed by atoms with Gasteiger partial charge in [0.05, 0.1) is 0 Å². The Balaban J connectivity index is 2.51. The summed E-state index contributed by atoms with van der Waals surface area (Å²) in [6, 6.07) is 0. The van der Waals surface area contributed by atoms with E-state index in [1.54, 1.807) is 7.05 Å². The Kier molecular flexibility index (Phi) is 3.45. The van der Waals surface area contributed by atoms with Crippen LogP contribution in [0.4, 0.5) is 13.2 Å². The van der Waals surface area contributed by atoms with Gasteiger partial charge in [-0.15, -0.1) is 0 Å². The van der Waals surface area contributed by atoms with Gasteiger partial charge in [-0.2, -0.15) is 18.2 Å². The first kappa shape index (κ1) is 11.0. The molecule has 1 aromatic heterocycles. The van der Waals surface area contributed by atoms with Gasteiger partial charge in [0.1, 0.15) is 6.42 Å². The third-order valence-corrected chi connectivity index (χ3v) is 1.46. The van der Waals surface area contributed by atoms with Crippen LogP contribution >= 0.6 is 0 Å². The Hall–Kier alpha value is -1.11. The van der Waals surface area contributed by atoms with Gasteiger partial charge in [0.15, 0.2) is 5.82 Å². The highest BCUT2D eigenvalue weighted by Gasteiger charge is 2.30. The van der Waals surface area contributed by atoms with Gasteiger partial charge >= 0.3 is 6.18 Å². The second-order valence-corrected chi connectivity index (χ2v) is 2.75. The Labute approximate surface area is 78.5 Å². The maximum atomic E-state index is 11.9. The summed E-state index contributed by atoms with van der Waals surface area (Å²) in [5.41, 5.74) is 0. The predicted octanol–water partition coefficient (Wildman–Crippen LogP) is 0.936. The Morgan fingerprint density at radius 3 is 2.71 bits per heavy atom. The van der Waals surface area contributed by atoms with Crippen LogP contribution < -0.4 is 5.32 Å². The molecule has 4 nitrogen and oxygen atoms in total. The highest BCUT2D eigenvalue weighted by molar-refractivity contribution is 4.89. The SMILES string of the molecule is CNCCc1nc(CC(F)(F)F)no1. The fourth-order valence-electron chi connectivity index (χ4n) is 0.875. The van der Waals surface area contributed by atoms with Crippen molar-refractivity contribution in [1.82, 2.24) is 15.5 Å². The second-order valence-electron chi connectivity index (χ2n) is 2.75. The van der Waals surface area contributed by atoms with Gasteiger partial charge in [-0.25, -0.2) is 0 Å². The van der Waals surface area contributed by atoms with Crippen molar-refractivity contribution in [3.8, 4) is 0 Å². The van der Waals surface area contributed by atoms with E-state index in [1.807, 2.05) is 0 Å². The summed E-state index contributed by atoms with van der Waals surface area (Å²) in [6.45, 7) is 0.591. The Morgan fingerprint density at radius 2 is 2.14 bits per heavy atom. The largest absolute Gasteiger partial charge is 0.396 e.